The van der Waals surface area contributed by atoms with E-state index in [0.717, 1.165) is 16.9 Å². The van der Waals surface area contributed by atoms with Crippen LogP contribution in [0.2, 0.25) is 0 Å². The van der Waals surface area contributed by atoms with E-state index in [2.05, 4.69) is 5.32 Å². The number of rotatable bonds is 5. The SMILES string of the molecule is COc1cccc(CN2Cc3cc(NC(=O)c4cccs4)ccc3O[C@@H](C)C2=O)c1. The molecule has 0 fully saturated rings. The van der Waals surface area contributed by atoms with E-state index in [9.17, 15) is 9.59 Å². The van der Waals surface area contributed by atoms with Crippen molar-refractivity contribution in [1.29, 1.82) is 0 Å². The number of anilines is 1. The molecule has 0 bridgehead atoms. The van der Waals surface area contributed by atoms with Crippen LogP contribution in [0, 0.1) is 0 Å². The van der Waals surface area contributed by atoms with Gasteiger partial charge in [-0.25, -0.2) is 0 Å². The fraction of sp³-hybridized carbons (Fsp3) is 0.217. The Labute approximate surface area is 179 Å². The van der Waals surface area contributed by atoms with Crippen LogP contribution in [0.25, 0.3) is 0 Å². The number of fused-ring (bicyclic) bond motifs is 1. The van der Waals surface area contributed by atoms with Gasteiger partial charge in [-0.05, 0) is 54.3 Å². The third-order valence-corrected chi connectivity index (χ3v) is 5.76. The molecular weight excluding hydrogens is 400 g/mol. The van der Waals surface area contributed by atoms with Crippen molar-refractivity contribution in [3.05, 3.63) is 76.0 Å². The largest absolute Gasteiger partial charge is 0.497 e. The molecule has 154 valence electrons. The highest BCUT2D eigenvalue weighted by Crippen LogP contribution is 2.30. The molecule has 2 amide bonds. The number of hydrogen-bond donors (Lipinski definition) is 1. The van der Waals surface area contributed by atoms with E-state index in [1.165, 1.54) is 11.3 Å². The maximum absolute atomic E-state index is 12.9. The van der Waals surface area contributed by atoms with Crippen LogP contribution in [0.1, 0.15) is 27.7 Å². The summed E-state index contributed by atoms with van der Waals surface area (Å²) in [5.74, 6) is 1.16. The number of benzene rings is 2. The molecule has 3 aromatic rings. The highest BCUT2D eigenvalue weighted by atomic mass is 32.1. The molecule has 0 spiro atoms. The van der Waals surface area contributed by atoms with Gasteiger partial charge >= 0.3 is 0 Å². The molecule has 2 heterocycles. The van der Waals surface area contributed by atoms with Crippen molar-refractivity contribution >= 4 is 28.8 Å². The number of nitrogens with one attached hydrogen (secondary N) is 1. The van der Waals surface area contributed by atoms with Crippen LogP contribution in [0.3, 0.4) is 0 Å². The first-order valence-corrected chi connectivity index (χ1v) is 10.5. The Kier molecular flexibility index (Phi) is 5.72. The fourth-order valence-corrected chi connectivity index (χ4v) is 4.02. The van der Waals surface area contributed by atoms with Gasteiger partial charge in [-0.15, -0.1) is 11.3 Å². The summed E-state index contributed by atoms with van der Waals surface area (Å²) in [5, 5.41) is 4.78. The Balaban J connectivity index is 1.57. The monoisotopic (exact) mass is 422 g/mol. The molecule has 0 unspecified atom stereocenters. The van der Waals surface area contributed by atoms with E-state index in [0.29, 0.717) is 29.4 Å². The Morgan fingerprint density at radius 2 is 2.10 bits per heavy atom. The third kappa shape index (κ3) is 4.31. The summed E-state index contributed by atoms with van der Waals surface area (Å²) >= 11 is 1.39. The first kappa shape index (κ1) is 20.0. The second kappa shape index (κ2) is 8.59. The fourth-order valence-electron chi connectivity index (χ4n) is 3.40. The van der Waals surface area contributed by atoms with Gasteiger partial charge in [0.15, 0.2) is 6.10 Å². The van der Waals surface area contributed by atoms with Crippen molar-refractivity contribution < 1.29 is 19.1 Å². The number of carbonyl (C=O) groups excluding carboxylic acids is 2. The highest BCUT2D eigenvalue weighted by Gasteiger charge is 2.28. The lowest BCUT2D eigenvalue weighted by atomic mass is 10.1. The molecule has 2 aromatic carbocycles. The minimum atomic E-state index is -0.594. The van der Waals surface area contributed by atoms with E-state index >= 15 is 0 Å². The molecule has 0 radical (unpaired) electrons. The topological polar surface area (TPSA) is 67.9 Å². The van der Waals surface area contributed by atoms with Crippen LogP contribution in [-0.4, -0.2) is 29.9 Å². The van der Waals surface area contributed by atoms with Crippen molar-refractivity contribution in [3.8, 4) is 11.5 Å². The number of hydrogen-bond acceptors (Lipinski definition) is 5. The van der Waals surface area contributed by atoms with Gasteiger partial charge in [0.1, 0.15) is 11.5 Å². The van der Waals surface area contributed by atoms with Crippen LogP contribution < -0.4 is 14.8 Å². The lowest BCUT2D eigenvalue weighted by Gasteiger charge is -2.22. The summed E-state index contributed by atoms with van der Waals surface area (Å²) in [4.78, 5) is 27.7. The maximum Gasteiger partial charge on any atom is 0.265 e. The van der Waals surface area contributed by atoms with Gasteiger partial charge in [0.25, 0.3) is 11.8 Å². The van der Waals surface area contributed by atoms with Crippen molar-refractivity contribution in [2.45, 2.75) is 26.1 Å². The Morgan fingerprint density at radius 1 is 1.23 bits per heavy atom. The van der Waals surface area contributed by atoms with Crippen molar-refractivity contribution in [2.75, 3.05) is 12.4 Å². The van der Waals surface area contributed by atoms with Crippen molar-refractivity contribution in [2.24, 2.45) is 0 Å². The Bertz CT molecular complexity index is 1060. The molecule has 4 rings (SSSR count). The number of nitrogens with zero attached hydrogens (tertiary/aromatic N) is 1. The molecule has 1 N–H and O–H groups in total. The Morgan fingerprint density at radius 3 is 2.87 bits per heavy atom. The quantitative estimate of drug-likeness (QED) is 0.665. The zero-order chi connectivity index (χ0) is 21.1. The van der Waals surface area contributed by atoms with E-state index in [4.69, 9.17) is 9.47 Å². The highest BCUT2D eigenvalue weighted by molar-refractivity contribution is 7.12. The summed E-state index contributed by atoms with van der Waals surface area (Å²) in [6.07, 6.45) is -0.594. The lowest BCUT2D eigenvalue weighted by Crippen LogP contribution is -2.37. The van der Waals surface area contributed by atoms with Crippen molar-refractivity contribution in [3.63, 3.8) is 0 Å². The van der Waals surface area contributed by atoms with Gasteiger partial charge in [0.05, 0.1) is 12.0 Å². The first-order chi connectivity index (χ1) is 14.5. The minimum absolute atomic E-state index is 0.0850. The molecule has 6 nitrogen and oxygen atoms in total. The number of methoxy groups -OCH3 is 1. The van der Waals surface area contributed by atoms with Crippen LogP contribution >= 0.6 is 11.3 Å². The molecule has 7 heteroatoms. The second-order valence-corrected chi connectivity index (χ2v) is 8.01. The summed E-state index contributed by atoms with van der Waals surface area (Å²) in [6.45, 7) is 2.58. The molecule has 0 saturated carbocycles. The average Bonchev–Trinajstić information content (AvgIpc) is 3.26. The third-order valence-electron chi connectivity index (χ3n) is 4.90. The molecule has 0 aliphatic carbocycles. The molecule has 30 heavy (non-hydrogen) atoms. The zero-order valence-electron chi connectivity index (χ0n) is 16.8. The molecular formula is C23H22N2O4S. The Hall–Kier alpha value is -3.32. The summed E-state index contributed by atoms with van der Waals surface area (Å²) in [6, 6.07) is 16.7. The van der Waals surface area contributed by atoms with Crippen LogP contribution in [0.5, 0.6) is 11.5 Å². The first-order valence-electron chi connectivity index (χ1n) is 9.59. The summed E-state index contributed by atoms with van der Waals surface area (Å²) in [5.41, 5.74) is 2.49. The van der Waals surface area contributed by atoms with Crippen molar-refractivity contribution in [1.82, 2.24) is 4.90 Å². The number of amides is 2. The summed E-state index contributed by atoms with van der Waals surface area (Å²) in [7, 11) is 1.62. The average molecular weight is 423 g/mol. The van der Waals surface area contributed by atoms with Gasteiger partial charge in [-0.2, -0.15) is 0 Å². The zero-order valence-corrected chi connectivity index (χ0v) is 17.6. The normalized spacial score (nSPS) is 15.7. The van der Waals surface area contributed by atoms with Crippen LogP contribution in [0.15, 0.2) is 60.0 Å². The van der Waals surface area contributed by atoms with E-state index in [1.807, 2.05) is 41.8 Å². The van der Waals surface area contributed by atoms with Gasteiger partial charge in [0.2, 0.25) is 0 Å². The van der Waals surface area contributed by atoms with Gasteiger partial charge in [-0.3, -0.25) is 9.59 Å². The van der Waals surface area contributed by atoms with E-state index in [1.54, 1.807) is 37.1 Å². The molecule has 1 aliphatic heterocycles. The van der Waals surface area contributed by atoms with Gasteiger partial charge in [-0.1, -0.05) is 18.2 Å². The van der Waals surface area contributed by atoms with E-state index in [-0.39, 0.29) is 11.8 Å². The van der Waals surface area contributed by atoms with Gasteiger partial charge in [0, 0.05) is 24.3 Å². The number of thiophene rings is 1. The maximum atomic E-state index is 12.9. The number of carbonyl (C=O) groups is 2. The molecule has 0 saturated heterocycles. The molecule has 1 atom stereocenters. The number of ether oxygens (including phenoxy) is 2. The van der Waals surface area contributed by atoms with Crippen LogP contribution in [0.4, 0.5) is 5.69 Å². The van der Waals surface area contributed by atoms with Crippen LogP contribution in [-0.2, 0) is 17.9 Å². The predicted molar refractivity (Wildman–Crippen MR) is 116 cm³/mol. The second-order valence-electron chi connectivity index (χ2n) is 7.06. The molecule has 1 aromatic heterocycles. The minimum Gasteiger partial charge on any atom is -0.497 e. The molecule has 1 aliphatic rings. The van der Waals surface area contributed by atoms with Gasteiger partial charge < -0.3 is 19.7 Å². The lowest BCUT2D eigenvalue weighted by molar-refractivity contribution is -0.138. The van der Waals surface area contributed by atoms with E-state index < -0.39 is 6.10 Å². The smallest absolute Gasteiger partial charge is 0.265 e. The summed E-state index contributed by atoms with van der Waals surface area (Å²) < 4.78 is 11.2. The standard InChI is InChI=1S/C23H22N2O4S/c1-15-23(27)25(13-16-5-3-6-19(11-16)28-2)14-17-12-18(8-9-20(17)29-15)24-22(26)21-7-4-10-30-21/h3-12,15H,13-14H2,1-2H3,(H,24,26)/t15-/m0/s1. The predicted octanol–water partition coefficient (Wildman–Crippen LogP) is 4.32.